The lowest BCUT2D eigenvalue weighted by Gasteiger charge is -2.33. The number of halogens is 1. The molecule has 0 bridgehead atoms. The molecule has 3 rings (SSSR count). The van der Waals surface area contributed by atoms with Crippen molar-refractivity contribution in [3.63, 3.8) is 0 Å². The van der Waals surface area contributed by atoms with Gasteiger partial charge in [-0.05, 0) is 39.6 Å². The van der Waals surface area contributed by atoms with Gasteiger partial charge in [-0.3, -0.25) is 4.99 Å². The maximum Gasteiger partial charge on any atom is 0.225 e. The van der Waals surface area contributed by atoms with Crippen LogP contribution >= 0.6 is 0 Å². The SMILES string of the molecule is C#CN/C(=C\N=C)C1=CC=CC(C2CCC2)C(Oc2ccnc(NCCN(C)C)n2)=C1F. The fourth-order valence-corrected chi connectivity index (χ4v) is 3.53. The summed E-state index contributed by atoms with van der Waals surface area (Å²) in [7, 11) is 3.98. The Balaban J connectivity index is 1.92. The van der Waals surface area contributed by atoms with Crippen LogP contribution in [0.25, 0.3) is 0 Å². The van der Waals surface area contributed by atoms with Crippen molar-refractivity contribution in [2.24, 2.45) is 16.8 Å². The maximum atomic E-state index is 15.9. The quantitative estimate of drug-likeness (QED) is 0.331. The van der Waals surface area contributed by atoms with Gasteiger partial charge in [0.15, 0.2) is 5.83 Å². The number of nitrogens with zero attached hydrogens (tertiary/aromatic N) is 4. The maximum absolute atomic E-state index is 15.9. The minimum Gasteiger partial charge on any atom is -0.439 e. The van der Waals surface area contributed by atoms with Crippen LogP contribution in [0.2, 0.25) is 0 Å². The van der Waals surface area contributed by atoms with Crippen molar-refractivity contribution in [3.05, 3.63) is 59.5 Å². The second kappa shape index (κ2) is 11.3. The molecule has 1 aromatic heterocycles. The molecule has 1 fully saturated rings. The Morgan fingerprint density at radius 2 is 2.28 bits per heavy atom. The van der Waals surface area contributed by atoms with Crippen molar-refractivity contribution in [2.75, 3.05) is 32.5 Å². The molecule has 1 saturated carbocycles. The molecule has 0 aliphatic heterocycles. The molecule has 2 N–H and O–H groups in total. The first-order valence-corrected chi connectivity index (χ1v) is 10.6. The van der Waals surface area contributed by atoms with E-state index in [1.165, 1.54) is 6.20 Å². The number of anilines is 1. The molecule has 1 heterocycles. The zero-order chi connectivity index (χ0) is 22.9. The topological polar surface area (TPSA) is 74.7 Å². The lowest BCUT2D eigenvalue weighted by atomic mass is 9.74. The third-order valence-corrected chi connectivity index (χ3v) is 5.40. The van der Waals surface area contributed by atoms with Crippen molar-refractivity contribution in [1.82, 2.24) is 20.2 Å². The van der Waals surface area contributed by atoms with Gasteiger partial charge in [-0.2, -0.15) is 4.98 Å². The number of terminal acetylenes is 1. The van der Waals surface area contributed by atoms with Crippen molar-refractivity contribution >= 4 is 12.7 Å². The van der Waals surface area contributed by atoms with Crippen LogP contribution in [-0.2, 0) is 0 Å². The first-order chi connectivity index (χ1) is 15.5. The van der Waals surface area contributed by atoms with E-state index in [4.69, 9.17) is 11.2 Å². The van der Waals surface area contributed by atoms with Crippen molar-refractivity contribution in [2.45, 2.75) is 19.3 Å². The van der Waals surface area contributed by atoms with E-state index in [-0.39, 0.29) is 23.1 Å². The van der Waals surface area contributed by atoms with Crippen LogP contribution < -0.4 is 15.4 Å². The van der Waals surface area contributed by atoms with Gasteiger partial charge in [0, 0.05) is 42.9 Å². The van der Waals surface area contributed by atoms with Crippen molar-refractivity contribution < 1.29 is 9.13 Å². The van der Waals surface area contributed by atoms with E-state index >= 15 is 4.39 Å². The molecular weight excluding hydrogens is 407 g/mol. The normalized spacial score (nSPS) is 19.0. The van der Waals surface area contributed by atoms with Gasteiger partial charge in [-0.1, -0.05) is 31.1 Å². The standard InChI is InChI=1S/C24H29FN6O/c1-5-27-20(16-26-2)19-11-7-10-18(17-8-6-9-17)23(22(19)25)32-21-12-13-28-24(30-21)29-14-15-31(3)4/h1,7,10-13,16-18,27H,2,6,8-9,14-15H2,3-4H3,(H,28,29,30)/b20-16-. The van der Waals surface area contributed by atoms with E-state index < -0.39 is 5.83 Å². The summed E-state index contributed by atoms with van der Waals surface area (Å²) in [5.41, 5.74) is 0.579. The van der Waals surface area contributed by atoms with E-state index in [9.17, 15) is 0 Å². The molecule has 0 spiro atoms. The van der Waals surface area contributed by atoms with Gasteiger partial charge in [-0.25, -0.2) is 9.37 Å². The first kappa shape index (κ1) is 23.2. The highest BCUT2D eigenvalue weighted by Gasteiger charge is 2.34. The fourth-order valence-electron chi connectivity index (χ4n) is 3.53. The van der Waals surface area contributed by atoms with E-state index in [0.29, 0.717) is 24.1 Å². The minimum absolute atomic E-state index is 0.207. The second-order valence-electron chi connectivity index (χ2n) is 7.91. The molecule has 0 radical (unpaired) electrons. The molecular formula is C24H29FN6O. The van der Waals surface area contributed by atoms with Gasteiger partial charge >= 0.3 is 0 Å². The van der Waals surface area contributed by atoms with Gasteiger partial charge < -0.3 is 20.3 Å². The third-order valence-electron chi connectivity index (χ3n) is 5.40. The molecule has 168 valence electrons. The molecule has 1 unspecified atom stereocenters. The number of nitrogens with one attached hydrogen (secondary N) is 2. The molecule has 0 aromatic carbocycles. The number of hydrogen-bond acceptors (Lipinski definition) is 7. The molecule has 2 aliphatic rings. The molecule has 1 atom stereocenters. The Hall–Kier alpha value is -3.44. The summed E-state index contributed by atoms with van der Waals surface area (Å²) in [6, 6.07) is 3.93. The van der Waals surface area contributed by atoms with Crippen LogP contribution in [0.3, 0.4) is 0 Å². The predicted octanol–water partition coefficient (Wildman–Crippen LogP) is 3.64. The summed E-state index contributed by atoms with van der Waals surface area (Å²) in [6.07, 6.45) is 17.0. The summed E-state index contributed by atoms with van der Waals surface area (Å²) < 4.78 is 22.0. The highest BCUT2D eigenvalue weighted by Crippen LogP contribution is 2.42. The van der Waals surface area contributed by atoms with Crippen LogP contribution in [0.15, 0.2) is 64.5 Å². The smallest absolute Gasteiger partial charge is 0.225 e. The summed E-state index contributed by atoms with van der Waals surface area (Å²) >= 11 is 0. The summed E-state index contributed by atoms with van der Waals surface area (Å²) in [4.78, 5) is 14.4. The number of allylic oxidation sites excluding steroid dienone is 4. The predicted molar refractivity (Wildman–Crippen MR) is 125 cm³/mol. The molecule has 7 nitrogen and oxygen atoms in total. The lowest BCUT2D eigenvalue weighted by Crippen LogP contribution is -2.25. The van der Waals surface area contributed by atoms with Gasteiger partial charge in [-0.15, -0.1) is 0 Å². The van der Waals surface area contributed by atoms with Crippen LogP contribution in [-0.4, -0.2) is 48.8 Å². The van der Waals surface area contributed by atoms with Crippen LogP contribution in [0.1, 0.15) is 19.3 Å². The molecule has 2 aliphatic carbocycles. The lowest BCUT2D eigenvalue weighted by molar-refractivity contribution is 0.211. The molecule has 1 aromatic rings. The highest BCUT2D eigenvalue weighted by atomic mass is 19.1. The highest BCUT2D eigenvalue weighted by molar-refractivity contribution is 5.50. The summed E-state index contributed by atoms with van der Waals surface area (Å²) in [5, 5.41) is 5.85. The van der Waals surface area contributed by atoms with E-state index in [0.717, 1.165) is 25.8 Å². The van der Waals surface area contributed by atoms with E-state index in [1.54, 1.807) is 18.3 Å². The Labute approximate surface area is 188 Å². The van der Waals surface area contributed by atoms with Gasteiger partial charge in [0.2, 0.25) is 11.8 Å². The zero-order valence-electron chi connectivity index (χ0n) is 18.5. The van der Waals surface area contributed by atoms with Crippen LogP contribution in [0, 0.1) is 24.3 Å². The van der Waals surface area contributed by atoms with Crippen LogP contribution in [0.4, 0.5) is 10.3 Å². The Kier molecular flexibility index (Phi) is 8.17. The summed E-state index contributed by atoms with van der Waals surface area (Å²) in [6.45, 7) is 4.95. The van der Waals surface area contributed by atoms with Gasteiger partial charge in [0.05, 0.1) is 11.9 Å². The fraction of sp³-hybridized carbons (Fsp3) is 0.375. The summed E-state index contributed by atoms with van der Waals surface area (Å²) in [5.74, 6) is 0.502. The third kappa shape index (κ3) is 5.83. The van der Waals surface area contributed by atoms with Gasteiger partial charge in [0.1, 0.15) is 5.76 Å². The number of aromatic nitrogens is 2. The number of hydrogen-bond donors (Lipinski definition) is 2. The minimum atomic E-state index is -0.509. The zero-order valence-corrected chi connectivity index (χ0v) is 18.5. The largest absolute Gasteiger partial charge is 0.439 e. The first-order valence-electron chi connectivity index (χ1n) is 10.6. The van der Waals surface area contributed by atoms with Crippen molar-refractivity contribution in [3.8, 4) is 18.3 Å². The number of aliphatic imine (C=N–C) groups is 1. The number of likely N-dealkylation sites (N-methyl/N-ethyl adjacent to an activating group) is 1. The number of rotatable bonds is 10. The Morgan fingerprint density at radius 1 is 1.47 bits per heavy atom. The van der Waals surface area contributed by atoms with E-state index in [1.807, 2.05) is 26.2 Å². The monoisotopic (exact) mass is 436 g/mol. The number of ether oxygens (including phenoxy) is 1. The van der Waals surface area contributed by atoms with Crippen LogP contribution in [0.5, 0.6) is 5.88 Å². The van der Waals surface area contributed by atoms with Crippen molar-refractivity contribution in [1.29, 1.82) is 0 Å². The average Bonchev–Trinajstić information content (AvgIpc) is 2.87. The molecule has 0 amide bonds. The molecule has 32 heavy (non-hydrogen) atoms. The molecule has 8 heteroatoms. The molecule has 0 saturated heterocycles. The average molecular weight is 437 g/mol. The Morgan fingerprint density at radius 3 is 2.94 bits per heavy atom. The van der Waals surface area contributed by atoms with Gasteiger partial charge in [0.25, 0.3) is 0 Å². The second-order valence-corrected chi connectivity index (χ2v) is 7.91. The van der Waals surface area contributed by atoms with E-state index in [2.05, 4.69) is 43.3 Å². The Bertz CT molecular complexity index is 984.